The third-order valence-electron chi connectivity index (χ3n) is 2.96. The predicted molar refractivity (Wildman–Crippen MR) is 66.4 cm³/mol. The van der Waals surface area contributed by atoms with E-state index in [1.807, 2.05) is 12.3 Å². The van der Waals surface area contributed by atoms with Crippen LogP contribution >= 0.6 is 0 Å². The summed E-state index contributed by atoms with van der Waals surface area (Å²) in [4.78, 5) is 7.76. The third-order valence-corrected chi connectivity index (χ3v) is 2.96. The lowest BCUT2D eigenvalue weighted by Crippen LogP contribution is -2.12. The van der Waals surface area contributed by atoms with Crippen LogP contribution in [0.4, 0.5) is 0 Å². The summed E-state index contributed by atoms with van der Waals surface area (Å²) in [5.41, 5.74) is 3.63. The number of benzene rings is 1. The number of nitrogens with zero attached hydrogens (tertiary/aromatic N) is 1. The molecule has 0 radical (unpaired) electrons. The van der Waals surface area contributed by atoms with Crippen LogP contribution in [0.3, 0.4) is 0 Å². The Morgan fingerprint density at radius 1 is 1.25 bits per heavy atom. The number of para-hydroxylation sites is 1. The molecule has 0 amide bonds. The number of hydrogen-bond acceptors (Lipinski definition) is 2. The second kappa shape index (κ2) is 3.52. The maximum Gasteiger partial charge on any atom is 0.101 e. The van der Waals surface area contributed by atoms with Crippen molar-refractivity contribution in [3.8, 4) is 0 Å². The number of fused-ring (bicyclic) bond motifs is 1. The molecule has 2 aromatic rings. The maximum atomic E-state index is 4.48. The Labute approximate surface area is 93.9 Å². The zero-order valence-electron chi connectivity index (χ0n) is 9.07. The molecule has 3 heteroatoms. The highest BCUT2D eigenvalue weighted by Crippen LogP contribution is 2.31. The normalized spacial score (nSPS) is 19.6. The van der Waals surface area contributed by atoms with Gasteiger partial charge >= 0.3 is 0 Å². The Bertz CT molecular complexity index is 578. The lowest BCUT2D eigenvalue weighted by molar-refractivity contribution is 0.826. The maximum absolute atomic E-state index is 4.48. The standard InChI is InChI=1S/C13H13N3/c1-9-6-14-8-16-13(9)11-7-15-12-5-3-2-4-10(11)12/h2-8,13,15H,1H3,(H,14,16). The number of H-pyrrole nitrogens is 1. The zero-order valence-corrected chi connectivity index (χ0v) is 9.07. The van der Waals surface area contributed by atoms with Crippen molar-refractivity contribution in [3.05, 3.63) is 47.8 Å². The second-order valence-electron chi connectivity index (χ2n) is 4.03. The van der Waals surface area contributed by atoms with Crippen LogP contribution in [0, 0.1) is 0 Å². The molecular weight excluding hydrogens is 198 g/mol. The minimum atomic E-state index is 0.136. The summed E-state index contributed by atoms with van der Waals surface area (Å²) in [5.74, 6) is 0. The molecule has 3 nitrogen and oxygen atoms in total. The number of nitrogens with one attached hydrogen (secondary N) is 2. The minimum Gasteiger partial charge on any atom is -0.361 e. The van der Waals surface area contributed by atoms with Gasteiger partial charge in [0.1, 0.15) is 6.04 Å². The molecule has 0 fully saturated rings. The van der Waals surface area contributed by atoms with Gasteiger partial charge in [0, 0.05) is 28.9 Å². The second-order valence-corrected chi connectivity index (χ2v) is 4.03. The summed E-state index contributed by atoms with van der Waals surface area (Å²) in [6.45, 7) is 2.09. The molecule has 1 aromatic heterocycles. The van der Waals surface area contributed by atoms with Gasteiger partial charge in [-0.05, 0) is 18.6 Å². The van der Waals surface area contributed by atoms with Crippen LogP contribution in [0.2, 0.25) is 0 Å². The molecule has 2 N–H and O–H groups in total. The van der Waals surface area contributed by atoms with Crippen molar-refractivity contribution in [2.24, 2.45) is 4.99 Å². The fourth-order valence-electron chi connectivity index (χ4n) is 2.13. The summed E-state index contributed by atoms with van der Waals surface area (Å²) >= 11 is 0. The molecular formula is C13H13N3. The molecule has 0 spiro atoms. The largest absolute Gasteiger partial charge is 0.361 e. The Morgan fingerprint density at radius 2 is 2.12 bits per heavy atom. The minimum absolute atomic E-state index is 0.136. The van der Waals surface area contributed by atoms with E-state index in [1.54, 1.807) is 6.34 Å². The van der Waals surface area contributed by atoms with E-state index in [-0.39, 0.29) is 6.04 Å². The van der Waals surface area contributed by atoms with Crippen LogP contribution in [0.15, 0.2) is 47.2 Å². The van der Waals surface area contributed by atoms with Gasteiger partial charge in [-0.1, -0.05) is 18.2 Å². The van der Waals surface area contributed by atoms with Gasteiger partial charge in [0.2, 0.25) is 0 Å². The molecule has 80 valence electrons. The quantitative estimate of drug-likeness (QED) is 0.748. The average Bonchev–Trinajstić information content (AvgIpc) is 2.74. The summed E-state index contributed by atoms with van der Waals surface area (Å²) in [6.07, 6.45) is 5.80. The Kier molecular flexibility index (Phi) is 2.03. The highest BCUT2D eigenvalue weighted by Gasteiger charge is 2.17. The van der Waals surface area contributed by atoms with Crippen molar-refractivity contribution < 1.29 is 0 Å². The molecule has 0 saturated heterocycles. The molecule has 3 rings (SSSR count). The molecule has 1 aromatic carbocycles. The lowest BCUT2D eigenvalue weighted by atomic mass is 10.00. The first-order valence-electron chi connectivity index (χ1n) is 5.36. The number of rotatable bonds is 1. The van der Waals surface area contributed by atoms with Gasteiger partial charge in [-0.2, -0.15) is 0 Å². The number of hydrogen-bond donors (Lipinski definition) is 2. The summed E-state index contributed by atoms with van der Waals surface area (Å²) in [6, 6.07) is 8.45. The van der Waals surface area contributed by atoms with Crippen molar-refractivity contribution in [1.82, 2.24) is 10.3 Å². The van der Waals surface area contributed by atoms with Crippen molar-refractivity contribution in [2.75, 3.05) is 0 Å². The zero-order chi connectivity index (χ0) is 11.0. The van der Waals surface area contributed by atoms with Crippen molar-refractivity contribution in [3.63, 3.8) is 0 Å². The fourth-order valence-corrected chi connectivity index (χ4v) is 2.13. The number of aromatic amines is 1. The van der Waals surface area contributed by atoms with Crippen molar-refractivity contribution >= 4 is 17.2 Å². The Hall–Kier alpha value is -2.03. The van der Waals surface area contributed by atoms with Gasteiger partial charge in [-0.25, -0.2) is 0 Å². The van der Waals surface area contributed by atoms with Crippen LogP contribution < -0.4 is 5.32 Å². The molecule has 0 bridgehead atoms. The SMILES string of the molecule is CC1=CNC=NC1c1c[nH]c2ccccc12. The van der Waals surface area contributed by atoms with Crippen molar-refractivity contribution in [1.29, 1.82) is 0 Å². The first-order chi connectivity index (χ1) is 7.86. The van der Waals surface area contributed by atoms with Gasteiger partial charge in [0.15, 0.2) is 0 Å². The predicted octanol–water partition coefficient (Wildman–Crippen LogP) is 2.74. The van der Waals surface area contributed by atoms with E-state index in [1.165, 1.54) is 22.0 Å². The molecule has 2 heterocycles. The third kappa shape index (κ3) is 1.33. The van der Waals surface area contributed by atoms with Crippen LogP contribution in [0.1, 0.15) is 18.5 Å². The van der Waals surface area contributed by atoms with E-state index in [0.29, 0.717) is 0 Å². The molecule has 1 aliphatic heterocycles. The van der Waals surface area contributed by atoms with E-state index >= 15 is 0 Å². The van der Waals surface area contributed by atoms with Gasteiger partial charge in [0.05, 0.1) is 6.34 Å². The smallest absolute Gasteiger partial charge is 0.101 e. The molecule has 0 aliphatic carbocycles. The van der Waals surface area contributed by atoms with E-state index in [9.17, 15) is 0 Å². The molecule has 0 saturated carbocycles. The van der Waals surface area contributed by atoms with E-state index in [0.717, 1.165) is 0 Å². The monoisotopic (exact) mass is 211 g/mol. The van der Waals surface area contributed by atoms with E-state index in [4.69, 9.17) is 0 Å². The van der Waals surface area contributed by atoms with Gasteiger partial charge in [0.25, 0.3) is 0 Å². The highest BCUT2D eigenvalue weighted by molar-refractivity contribution is 5.84. The van der Waals surface area contributed by atoms with E-state index in [2.05, 4.69) is 46.6 Å². The van der Waals surface area contributed by atoms with Crippen LogP contribution in [-0.4, -0.2) is 11.3 Å². The first kappa shape index (κ1) is 9.21. The van der Waals surface area contributed by atoms with Gasteiger partial charge < -0.3 is 10.3 Å². The Balaban J connectivity index is 2.15. The van der Waals surface area contributed by atoms with Crippen molar-refractivity contribution in [2.45, 2.75) is 13.0 Å². The van der Waals surface area contributed by atoms with Gasteiger partial charge in [-0.15, -0.1) is 0 Å². The van der Waals surface area contributed by atoms with Crippen LogP contribution in [0.25, 0.3) is 10.9 Å². The number of aliphatic imine (C=N–C) groups is 1. The molecule has 1 unspecified atom stereocenters. The summed E-state index contributed by atoms with van der Waals surface area (Å²) in [7, 11) is 0. The fraction of sp³-hybridized carbons (Fsp3) is 0.154. The van der Waals surface area contributed by atoms with Crippen LogP contribution in [-0.2, 0) is 0 Å². The molecule has 1 atom stereocenters. The summed E-state index contributed by atoms with van der Waals surface area (Å²) in [5, 5.41) is 4.26. The Morgan fingerprint density at radius 3 is 3.00 bits per heavy atom. The first-order valence-corrected chi connectivity index (χ1v) is 5.36. The van der Waals surface area contributed by atoms with Crippen LogP contribution in [0.5, 0.6) is 0 Å². The van der Waals surface area contributed by atoms with E-state index < -0.39 is 0 Å². The average molecular weight is 211 g/mol. The highest BCUT2D eigenvalue weighted by atomic mass is 15.0. The molecule has 1 aliphatic rings. The topological polar surface area (TPSA) is 40.2 Å². The summed E-state index contributed by atoms with van der Waals surface area (Å²) < 4.78 is 0. The number of aromatic nitrogens is 1. The lowest BCUT2D eigenvalue weighted by Gasteiger charge is -2.16. The molecule has 16 heavy (non-hydrogen) atoms. The van der Waals surface area contributed by atoms with Gasteiger partial charge in [-0.3, -0.25) is 4.99 Å².